The molecule has 90 valence electrons. The van der Waals surface area contributed by atoms with Crippen LogP contribution in [0.4, 0.5) is 0 Å². The molecule has 1 saturated heterocycles. The molecule has 1 aliphatic heterocycles. The number of hydrogen-bond donors (Lipinski definition) is 0. The van der Waals surface area contributed by atoms with E-state index >= 15 is 0 Å². The molecule has 0 radical (unpaired) electrons. The lowest BCUT2D eigenvalue weighted by Gasteiger charge is -2.29. The van der Waals surface area contributed by atoms with Crippen LogP contribution in [0, 0.1) is 5.92 Å². The first-order chi connectivity index (χ1) is 6.89. The third-order valence-electron chi connectivity index (χ3n) is 2.44. The van der Waals surface area contributed by atoms with Crippen molar-refractivity contribution in [1.29, 1.82) is 0 Å². The molecule has 1 unspecified atom stereocenters. The molecule has 0 saturated carbocycles. The lowest BCUT2D eigenvalue weighted by atomic mass is 10.00. The minimum absolute atomic E-state index is 0.126. The van der Waals surface area contributed by atoms with Crippen LogP contribution in [-0.4, -0.2) is 47.4 Å². The van der Waals surface area contributed by atoms with Crippen LogP contribution in [0.15, 0.2) is 0 Å². The third kappa shape index (κ3) is 4.56. The highest BCUT2D eigenvalue weighted by atomic mass is 32.2. The molecule has 0 aliphatic carbocycles. The van der Waals surface area contributed by atoms with Gasteiger partial charge in [-0.2, -0.15) is 0 Å². The maximum absolute atomic E-state index is 11.2. The van der Waals surface area contributed by atoms with Crippen molar-refractivity contribution in [2.45, 2.75) is 12.8 Å². The maximum atomic E-state index is 11.2. The second kappa shape index (κ2) is 5.35. The number of sulfonamides is 1. The Kier molecular flexibility index (Phi) is 4.65. The average Bonchev–Trinajstić information content (AvgIpc) is 2.14. The van der Waals surface area contributed by atoms with E-state index in [9.17, 15) is 17.2 Å². The van der Waals surface area contributed by atoms with Gasteiger partial charge in [0, 0.05) is 13.1 Å². The van der Waals surface area contributed by atoms with E-state index in [0.717, 1.165) is 0 Å². The van der Waals surface area contributed by atoms with Gasteiger partial charge in [-0.1, -0.05) is 0 Å². The average molecular weight is 256 g/mol. The van der Waals surface area contributed by atoms with E-state index in [1.807, 2.05) is 0 Å². The Labute approximate surface area is 92.1 Å². The highest BCUT2D eigenvalue weighted by Gasteiger charge is 2.24. The van der Waals surface area contributed by atoms with Gasteiger partial charge in [0.25, 0.3) is 0 Å². The summed E-state index contributed by atoms with van der Waals surface area (Å²) in [4.78, 5) is 0. The Hall–Kier alpha value is -0.0200. The molecular weight excluding hydrogens is 242 g/mol. The van der Waals surface area contributed by atoms with Gasteiger partial charge in [0.2, 0.25) is 10.0 Å². The SMILES string of the molecule is CS(=O)(=O)N1CCC(COS(=O)[O-])CC1. The fraction of sp³-hybridized carbons (Fsp3) is 1.00. The molecule has 0 aromatic rings. The first-order valence-electron chi connectivity index (χ1n) is 4.57. The van der Waals surface area contributed by atoms with Crippen molar-refractivity contribution in [3.63, 3.8) is 0 Å². The van der Waals surface area contributed by atoms with Crippen LogP contribution in [0.1, 0.15) is 12.8 Å². The molecule has 1 fully saturated rings. The summed E-state index contributed by atoms with van der Waals surface area (Å²) in [5, 5.41) is 0. The summed E-state index contributed by atoms with van der Waals surface area (Å²) in [5.41, 5.74) is 0. The van der Waals surface area contributed by atoms with Gasteiger partial charge in [-0.05, 0) is 18.8 Å². The minimum atomic E-state index is -3.11. The van der Waals surface area contributed by atoms with Crippen LogP contribution in [0.5, 0.6) is 0 Å². The summed E-state index contributed by atoms with van der Waals surface area (Å²) in [6, 6.07) is 0. The molecule has 1 atom stereocenters. The molecule has 1 rings (SSSR count). The van der Waals surface area contributed by atoms with E-state index in [1.54, 1.807) is 0 Å². The van der Waals surface area contributed by atoms with Crippen LogP contribution in [0.3, 0.4) is 0 Å². The van der Waals surface area contributed by atoms with Gasteiger partial charge >= 0.3 is 0 Å². The summed E-state index contributed by atoms with van der Waals surface area (Å²) in [6.45, 7) is 1.03. The quantitative estimate of drug-likeness (QED) is 0.631. The normalized spacial score (nSPS) is 22.8. The lowest BCUT2D eigenvalue weighted by Crippen LogP contribution is -2.38. The van der Waals surface area contributed by atoms with E-state index in [-0.39, 0.29) is 12.5 Å². The van der Waals surface area contributed by atoms with Crippen LogP contribution < -0.4 is 0 Å². The zero-order chi connectivity index (χ0) is 11.5. The number of hydrogen-bond acceptors (Lipinski definition) is 5. The molecular formula is C7H14NO5S2-. The highest BCUT2D eigenvalue weighted by molar-refractivity contribution is 7.88. The first-order valence-corrected chi connectivity index (χ1v) is 7.42. The molecule has 15 heavy (non-hydrogen) atoms. The van der Waals surface area contributed by atoms with Crippen molar-refractivity contribution < 1.29 is 21.4 Å². The smallest absolute Gasteiger partial charge is 0.211 e. The summed E-state index contributed by atoms with van der Waals surface area (Å²) in [5.74, 6) is 0.126. The topological polar surface area (TPSA) is 86.7 Å². The third-order valence-corrected chi connectivity index (χ3v) is 4.07. The summed E-state index contributed by atoms with van der Waals surface area (Å²) in [7, 11) is -3.11. The van der Waals surface area contributed by atoms with Gasteiger partial charge in [0.15, 0.2) is 0 Å². The predicted octanol–water partition coefficient (Wildman–Crippen LogP) is -0.531. The largest absolute Gasteiger partial charge is 0.750 e. The Balaban J connectivity index is 2.33. The second-order valence-electron chi connectivity index (χ2n) is 3.59. The zero-order valence-electron chi connectivity index (χ0n) is 8.42. The lowest BCUT2D eigenvalue weighted by molar-refractivity contribution is 0.185. The molecule has 0 spiro atoms. The molecule has 0 aromatic heterocycles. The Morgan fingerprint density at radius 2 is 2.00 bits per heavy atom. The van der Waals surface area contributed by atoms with E-state index in [4.69, 9.17) is 0 Å². The van der Waals surface area contributed by atoms with Gasteiger partial charge in [-0.3, -0.25) is 0 Å². The number of rotatable bonds is 4. The Bertz CT molecular complexity index is 320. The van der Waals surface area contributed by atoms with E-state index in [1.165, 1.54) is 10.6 Å². The molecule has 6 nitrogen and oxygen atoms in total. The second-order valence-corrected chi connectivity index (χ2v) is 6.22. The van der Waals surface area contributed by atoms with Crippen molar-refractivity contribution in [1.82, 2.24) is 4.31 Å². The monoisotopic (exact) mass is 256 g/mol. The van der Waals surface area contributed by atoms with Crippen LogP contribution >= 0.6 is 0 Å². The van der Waals surface area contributed by atoms with Crippen LogP contribution in [0.2, 0.25) is 0 Å². The highest BCUT2D eigenvalue weighted by Crippen LogP contribution is 2.19. The van der Waals surface area contributed by atoms with Crippen molar-refractivity contribution in [2.24, 2.45) is 5.92 Å². The summed E-state index contributed by atoms with van der Waals surface area (Å²) < 4.78 is 48.4. The van der Waals surface area contributed by atoms with Crippen molar-refractivity contribution in [3.8, 4) is 0 Å². The van der Waals surface area contributed by atoms with E-state index in [0.29, 0.717) is 25.9 Å². The van der Waals surface area contributed by atoms with Gasteiger partial charge in [0.1, 0.15) is 0 Å². The van der Waals surface area contributed by atoms with Crippen molar-refractivity contribution in [2.75, 3.05) is 26.0 Å². The standard InChI is InChI=1S/C7H15NO5S2/c1-15(11,12)8-4-2-7(3-5-8)6-13-14(9)10/h7H,2-6H2,1H3,(H,9,10)/p-1. The van der Waals surface area contributed by atoms with Gasteiger partial charge < -0.3 is 8.74 Å². The number of piperidine rings is 1. The molecule has 0 bridgehead atoms. The van der Waals surface area contributed by atoms with E-state index in [2.05, 4.69) is 4.18 Å². The Morgan fingerprint density at radius 1 is 1.47 bits per heavy atom. The van der Waals surface area contributed by atoms with E-state index < -0.39 is 21.4 Å². The van der Waals surface area contributed by atoms with Gasteiger partial charge in [0.05, 0.1) is 24.2 Å². The predicted molar refractivity (Wildman–Crippen MR) is 54.0 cm³/mol. The minimum Gasteiger partial charge on any atom is -0.750 e. The van der Waals surface area contributed by atoms with Gasteiger partial charge in [-0.15, -0.1) is 0 Å². The Morgan fingerprint density at radius 3 is 2.40 bits per heavy atom. The van der Waals surface area contributed by atoms with Crippen LogP contribution in [-0.2, 0) is 25.6 Å². The van der Waals surface area contributed by atoms with Gasteiger partial charge in [-0.25, -0.2) is 16.9 Å². The first kappa shape index (κ1) is 13.0. The van der Waals surface area contributed by atoms with Crippen LogP contribution in [0.25, 0.3) is 0 Å². The summed E-state index contributed by atoms with van der Waals surface area (Å²) >= 11 is -2.47. The molecule has 1 aliphatic rings. The maximum Gasteiger partial charge on any atom is 0.211 e. The molecule has 0 aromatic carbocycles. The zero-order valence-corrected chi connectivity index (χ0v) is 10.1. The fourth-order valence-electron chi connectivity index (χ4n) is 1.56. The molecule has 1 heterocycles. The molecule has 0 amide bonds. The summed E-state index contributed by atoms with van der Waals surface area (Å²) in [6.07, 6.45) is 2.46. The number of nitrogens with zero attached hydrogens (tertiary/aromatic N) is 1. The fourth-order valence-corrected chi connectivity index (χ4v) is 2.74. The van der Waals surface area contributed by atoms with Crippen molar-refractivity contribution >= 4 is 21.4 Å². The molecule has 0 N–H and O–H groups in total. The van der Waals surface area contributed by atoms with Crippen molar-refractivity contribution in [3.05, 3.63) is 0 Å². The molecule has 8 heteroatoms.